The van der Waals surface area contributed by atoms with Gasteiger partial charge in [-0.15, -0.1) is 0 Å². The lowest BCUT2D eigenvalue weighted by Gasteiger charge is -2.06. The van der Waals surface area contributed by atoms with E-state index in [1.54, 1.807) is 12.4 Å². The van der Waals surface area contributed by atoms with Crippen LogP contribution >= 0.6 is 0 Å². The van der Waals surface area contributed by atoms with Crippen LogP contribution in [0.15, 0.2) is 24.5 Å². The maximum absolute atomic E-state index is 12.8. The van der Waals surface area contributed by atoms with Crippen molar-refractivity contribution in [2.45, 2.75) is 32.6 Å². The molecule has 1 N–H and O–H groups in total. The quantitative estimate of drug-likeness (QED) is 0.916. The minimum atomic E-state index is -4.38. The van der Waals surface area contributed by atoms with Crippen LogP contribution in [0.3, 0.4) is 0 Å². The van der Waals surface area contributed by atoms with Crippen LogP contribution in [0.25, 0.3) is 5.65 Å². The molecule has 3 nitrogen and oxygen atoms in total. The van der Waals surface area contributed by atoms with Gasteiger partial charge in [0.15, 0.2) is 0 Å². The van der Waals surface area contributed by atoms with Crippen LogP contribution in [0.1, 0.15) is 25.1 Å². The zero-order chi connectivity index (χ0) is 13.3. The summed E-state index contributed by atoms with van der Waals surface area (Å²) >= 11 is 0. The number of alkyl halides is 3. The topological polar surface area (TPSA) is 29.3 Å². The van der Waals surface area contributed by atoms with Crippen molar-refractivity contribution in [3.8, 4) is 0 Å². The standard InChI is InChI=1S/C12H14F3N3/c1-8(2)16-6-9-7-18-5-3-4-10(11(18)17-9)12(13,14)15/h3-5,7-8,16H,6H2,1-2H3. The summed E-state index contributed by atoms with van der Waals surface area (Å²) in [5.74, 6) is 0. The summed E-state index contributed by atoms with van der Waals surface area (Å²) in [7, 11) is 0. The smallest absolute Gasteiger partial charge is 0.309 e. The molecule has 0 radical (unpaired) electrons. The van der Waals surface area contributed by atoms with E-state index >= 15 is 0 Å². The Bertz CT molecular complexity index is 543. The van der Waals surface area contributed by atoms with Gasteiger partial charge in [0.2, 0.25) is 0 Å². The molecular weight excluding hydrogens is 243 g/mol. The van der Waals surface area contributed by atoms with E-state index in [-0.39, 0.29) is 11.7 Å². The van der Waals surface area contributed by atoms with Gasteiger partial charge in [0, 0.05) is 25.0 Å². The Balaban J connectivity index is 2.39. The van der Waals surface area contributed by atoms with Crippen LogP contribution in [0.4, 0.5) is 13.2 Å². The molecule has 0 aliphatic heterocycles. The highest BCUT2D eigenvalue weighted by molar-refractivity contribution is 5.50. The molecule has 2 aromatic heterocycles. The van der Waals surface area contributed by atoms with Crippen LogP contribution in [0, 0.1) is 0 Å². The normalized spacial score (nSPS) is 12.6. The number of nitrogens with zero attached hydrogens (tertiary/aromatic N) is 2. The minimum absolute atomic E-state index is 0.0504. The fourth-order valence-electron chi connectivity index (χ4n) is 1.68. The van der Waals surface area contributed by atoms with Crippen LogP contribution in [0.5, 0.6) is 0 Å². The third-order valence-electron chi connectivity index (χ3n) is 2.53. The van der Waals surface area contributed by atoms with Crippen molar-refractivity contribution in [2.75, 3.05) is 0 Å². The van der Waals surface area contributed by atoms with E-state index in [0.29, 0.717) is 12.2 Å². The van der Waals surface area contributed by atoms with Crippen LogP contribution in [0.2, 0.25) is 0 Å². The molecular formula is C12H14F3N3. The summed E-state index contributed by atoms with van der Waals surface area (Å²) in [6.45, 7) is 4.39. The lowest BCUT2D eigenvalue weighted by molar-refractivity contribution is -0.136. The third-order valence-corrected chi connectivity index (χ3v) is 2.53. The molecule has 0 amide bonds. The molecule has 0 saturated carbocycles. The summed E-state index contributed by atoms with van der Waals surface area (Å²) in [6, 6.07) is 2.68. The van der Waals surface area contributed by atoms with Crippen molar-refractivity contribution in [3.63, 3.8) is 0 Å². The van der Waals surface area contributed by atoms with Gasteiger partial charge in [-0.25, -0.2) is 4.98 Å². The van der Waals surface area contributed by atoms with Gasteiger partial charge in [-0.3, -0.25) is 0 Å². The molecule has 0 bridgehead atoms. The number of nitrogens with one attached hydrogen (secondary N) is 1. The number of halogens is 3. The second kappa shape index (κ2) is 4.61. The van der Waals surface area contributed by atoms with Gasteiger partial charge in [0.1, 0.15) is 5.65 Å². The number of hydrogen-bond donors (Lipinski definition) is 1. The van der Waals surface area contributed by atoms with Gasteiger partial charge in [0.05, 0.1) is 11.3 Å². The molecule has 0 aliphatic rings. The highest BCUT2D eigenvalue weighted by Crippen LogP contribution is 2.31. The third kappa shape index (κ3) is 2.64. The van der Waals surface area contributed by atoms with Crippen LogP contribution in [-0.2, 0) is 12.7 Å². The van der Waals surface area contributed by atoms with Crippen molar-refractivity contribution in [3.05, 3.63) is 35.8 Å². The van der Waals surface area contributed by atoms with E-state index in [9.17, 15) is 13.2 Å². The van der Waals surface area contributed by atoms with Crippen molar-refractivity contribution in [1.29, 1.82) is 0 Å². The summed E-state index contributed by atoms with van der Waals surface area (Å²) in [4.78, 5) is 4.03. The molecule has 0 saturated heterocycles. The SMILES string of the molecule is CC(C)NCc1cn2cccc(C(F)(F)F)c2n1. The van der Waals surface area contributed by atoms with E-state index in [4.69, 9.17) is 0 Å². The first-order valence-corrected chi connectivity index (χ1v) is 5.65. The molecule has 98 valence electrons. The highest BCUT2D eigenvalue weighted by Gasteiger charge is 2.33. The highest BCUT2D eigenvalue weighted by atomic mass is 19.4. The van der Waals surface area contributed by atoms with E-state index in [1.807, 2.05) is 13.8 Å². The molecule has 18 heavy (non-hydrogen) atoms. The van der Waals surface area contributed by atoms with E-state index in [2.05, 4.69) is 10.3 Å². The van der Waals surface area contributed by atoms with Gasteiger partial charge in [-0.2, -0.15) is 13.2 Å². The van der Waals surface area contributed by atoms with Gasteiger partial charge in [-0.05, 0) is 12.1 Å². The second-order valence-corrected chi connectivity index (χ2v) is 4.42. The minimum Gasteiger partial charge on any atom is -0.309 e. The van der Waals surface area contributed by atoms with Gasteiger partial charge in [-0.1, -0.05) is 13.8 Å². The molecule has 2 rings (SSSR count). The van der Waals surface area contributed by atoms with E-state index in [1.165, 1.54) is 10.5 Å². The molecule has 0 fully saturated rings. The maximum atomic E-state index is 12.8. The number of rotatable bonds is 3. The predicted molar refractivity (Wildman–Crippen MR) is 62.2 cm³/mol. The summed E-state index contributed by atoms with van der Waals surface area (Å²) in [5.41, 5.74) is -0.160. The van der Waals surface area contributed by atoms with Gasteiger partial charge < -0.3 is 9.72 Å². The lowest BCUT2D eigenvalue weighted by atomic mass is 10.2. The van der Waals surface area contributed by atoms with E-state index in [0.717, 1.165) is 6.07 Å². The predicted octanol–water partition coefficient (Wildman–Crippen LogP) is 2.85. The maximum Gasteiger partial charge on any atom is 0.419 e. The first kappa shape index (κ1) is 12.9. The van der Waals surface area contributed by atoms with Gasteiger partial charge >= 0.3 is 6.18 Å². The monoisotopic (exact) mass is 257 g/mol. The van der Waals surface area contributed by atoms with Crippen molar-refractivity contribution < 1.29 is 13.2 Å². The summed E-state index contributed by atoms with van der Waals surface area (Å²) in [5, 5.41) is 3.12. The molecule has 0 aliphatic carbocycles. The van der Waals surface area contributed by atoms with Crippen molar-refractivity contribution >= 4 is 5.65 Å². The Morgan fingerprint density at radius 2 is 2.11 bits per heavy atom. The summed E-state index contributed by atoms with van der Waals surface area (Å²) in [6.07, 6.45) is -1.20. The Kier molecular flexibility index (Phi) is 3.30. The molecule has 2 aromatic rings. The molecule has 6 heteroatoms. The molecule has 0 unspecified atom stereocenters. The fraction of sp³-hybridized carbons (Fsp3) is 0.417. The Morgan fingerprint density at radius 3 is 2.72 bits per heavy atom. The number of pyridine rings is 1. The second-order valence-electron chi connectivity index (χ2n) is 4.42. The first-order chi connectivity index (χ1) is 8.38. The Labute approximate surface area is 103 Å². The van der Waals surface area contributed by atoms with E-state index < -0.39 is 11.7 Å². The number of hydrogen-bond acceptors (Lipinski definition) is 2. The zero-order valence-electron chi connectivity index (χ0n) is 10.1. The fourth-order valence-corrected chi connectivity index (χ4v) is 1.68. The van der Waals surface area contributed by atoms with Gasteiger partial charge in [0.25, 0.3) is 0 Å². The Hall–Kier alpha value is -1.56. The van der Waals surface area contributed by atoms with Crippen LogP contribution < -0.4 is 5.32 Å². The number of imidazole rings is 1. The summed E-state index contributed by atoms with van der Waals surface area (Å²) < 4.78 is 39.7. The molecule has 2 heterocycles. The average molecular weight is 257 g/mol. The largest absolute Gasteiger partial charge is 0.419 e. The zero-order valence-corrected chi connectivity index (χ0v) is 10.1. The van der Waals surface area contributed by atoms with Crippen molar-refractivity contribution in [2.24, 2.45) is 0 Å². The number of aromatic nitrogens is 2. The number of fused-ring (bicyclic) bond motifs is 1. The average Bonchev–Trinajstić information content (AvgIpc) is 2.66. The molecule has 0 atom stereocenters. The van der Waals surface area contributed by atoms with Crippen molar-refractivity contribution in [1.82, 2.24) is 14.7 Å². The molecule has 0 aromatic carbocycles. The van der Waals surface area contributed by atoms with Crippen LogP contribution in [-0.4, -0.2) is 15.4 Å². The molecule has 0 spiro atoms. The lowest BCUT2D eigenvalue weighted by Crippen LogP contribution is -2.21. The first-order valence-electron chi connectivity index (χ1n) is 5.65. The Morgan fingerprint density at radius 1 is 1.39 bits per heavy atom.